The van der Waals surface area contributed by atoms with Crippen LogP contribution in [0.4, 0.5) is 0 Å². The third kappa shape index (κ3) is 2.60. The maximum atomic E-state index is 5.30. The summed E-state index contributed by atoms with van der Waals surface area (Å²) in [5, 5.41) is 16.8. The SMILES string of the molecule is COc1ccccc1C=Nn1cnnc1-n1nc(C)cc1C. The van der Waals surface area contributed by atoms with E-state index in [2.05, 4.69) is 20.4 Å². The largest absolute Gasteiger partial charge is 0.496 e. The van der Waals surface area contributed by atoms with Crippen LogP contribution < -0.4 is 4.74 Å². The lowest BCUT2D eigenvalue weighted by atomic mass is 10.2. The number of hydrogen-bond donors (Lipinski definition) is 0. The predicted molar refractivity (Wildman–Crippen MR) is 82.6 cm³/mol. The van der Waals surface area contributed by atoms with Crippen LogP contribution in [-0.4, -0.2) is 38.0 Å². The summed E-state index contributed by atoms with van der Waals surface area (Å²) >= 11 is 0. The third-order valence-electron chi connectivity index (χ3n) is 3.17. The van der Waals surface area contributed by atoms with Crippen molar-refractivity contribution in [3.63, 3.8) is 0 Å². The second-order valence-corrected chi connectivity index (χ2v) is 4.80. The van der Waals surface area contributed by atoms with Gasteiger partial charge in [-0.2, -0.15) is 14.9 Å². The van der Waals surface area contributed by atoms with E-state index >= 15 is 0 Å². The van der Waals surface area contributed by atoms with E-state index in [1.54, 1.807) is 22.7 Å². The molecule has 2 aromatic heterocycles. The highest BCUT2D eigenvalue weighted by atomic mass is 16.5. The molecule has 7 heteroatoms. The number of para-hydroxylation sites is 1. The minimum absolute atomic E-state index is 0.539. The van der Waals surface area contributed by atoms with Crippen LogP contribution in [0.15, 0.2) is 41.8 Å². The molecule has 1 aromatic carbocycles. The Kier molecular flexibility index (Phi) is 3.69. The lowest BCUT2D eigenvalue weighted by molar-refractivity contribution is 0.414. The molecule has 0 atom stereocenters. The van der Waals surface area contributed by atoms with Gasteiger partial charge in [-0.15, -0.1) is 10.2 Å². The van der Waals surface area contributed by atoms with Crippen molar-refractivity contribution in [2.75, 3.05) is 7.11 Å². The van der Waals surface area contributed by atoms with Crippen LogP contribution in [0.3, 0.4) is 0 Å². The monoisotopic (exact) mass is 296 g/mol. The van der Waals surface area contributed by atoms with E-state index in [1.807, 2.05) is 44.2 Å². The van der Waals surface area contributed by atoms with Crippen LogP contribution in [0, 0.1) is 13.8 Å². The van der Waals surface area contributed by atoms with Crippen LogP contribution >= 0.6 is 0 Å². The molecule has 0 spiro atoms. The molecule has 0 saturated heterocycles. The summed E-state index contributed by atoms with van der Waals surface area (Å²) in [5.41, 5.74) is 2.76. The number of methoxy groups -OCH3 is 1. The van der Waals surface area contributed by atoms with Crippen molar-refractivity contribution in [2.45, 2.75) is 13.8 Å². The average Bonchev–Trinajstić information content (AvgIpc) is 3.11. The Morgan fingerprint density at radius 1 is 1.23 bits per heavy atom. The third-order valence-corrected chi connectivity index (χ3v) is 3.17. The molecule has 112 valence electrons. The number of ether oxygens (including phenoxy) is 1. The Balaban J connectivity index is 1.96. The molecule has 0 unspecified atom stereocenters. The Labute approximate surface area is 127 Å². The van der Waals surface area contributed by atoms with Crippen molar-refractivity contribution in [1.29, 1.82) is 0 Å². The lowest BCUT2D eigenvalue weighted by Gasteiger charge is -2.04. The van der Waals surface area contributed by atoms with Crippen molar-refractivity contribution in [3.8, 4) is 11.7 Å². The maximum Gasteiger partial charge on any atom is 0.273 e. The number of aryl methyl sites for hydroxylation is 2. The van der Waals surface area contributed by atoms with Gasteiger partial charge in [-0.05, 0) is 32.0 Å². The van der Waals surface area contributed by atoms with Gasteiger partial charge in [-0.3, -0.25) is 0 Å². The van der Waals surface area contributed by atoms with Crippen molar-refractivity contribution >= 4 is 6.21 Å². The molecule has 0 bridgehead atoms. The van der Waals surface area contributed by atoms with Crippen molar-refractivity contribution in [2.24, 2.45) is 5.10 Å². The first-order valence-corrected chi connectivity index (χ1v) is 6.80. The molecule has 0 N–H and O–H groups in total. The molecule has 0 aliphatic carbocycles. The molecule has 0 radical (unpaired) electrons. The van der Waals surface area contributed by atoms with Crippen LogP contribution in [0.5, 0.6) is 5.75 Å². The Bertz CT molecular complexity index is 817. The summed E-state index contributed by atoms with van der Waals surface area (Å²) < 4.78 is 8.59. The first-order chi connectivity index (χ1) is 10.7. The molecular weight excluding hydrogens is 280 g/mol. The minimum Gasteiger partial charge on any atom is -0.496 e. The average molecular weight is 296 g/mol. The Hall–Kier alpha value is -2.96. The predicted octanol–water partition coefficient (Wildman–Crippen LogP) is 1.97. The summed E-state index contributed by atoms with van der Waals surface area (Å²) in [6.07, 6.45) is 3.25. The Morgan fingerprint density at radius 3 is 2.77 bits per heavy atom. The van der Waals surface area contributed by atoms with Gasteiger partial charge in [0.1, 0.15) is 12.1 Å². The molecule has 2 heterocycles. The Morgan fingerprint density at radius 2 is 2.05 bits per heavy atom. The van der Waals surface area contributed by atoms with Gasteiger partial charge in [0.2, 0.25) is 0 Å². The molecule has 3 rings (SSSR count). The highest BCUT2D eigenvalue weighted by molar-refractivity contribution is 5.83. The van der Waals surface area contributed by atoms with E-state index in [0.717, 1.165) is 22.7 Å². The zero-order chi connectivity index (χ0) is 15.5. The van der Waals surface area contributed by atoms with E-state index in [0.29, 0.717) is 5.95 Å². The van der Waals surface area contributed by atoms with Gasteiger partial charge in [0.05, 0.1) is 19.0 Å². The van der Waals surface area contributed by atoms with E-state index < -0.39 is 0 Å². The van der Waals surface area contributed by atoms with Gasteiger partial charge in [0.15, 0.2) is 0 Å². The standard InChI is InChI=1S/C15H16N6O/c1-11-8-12(2)21(19-11)15-18-16-10-20(15)17-9-13-6-4-5-7-14(13)22-3/h4-10H,1-3H3. The van der Waals surface area contributed by atoms with Gasteiger partial charge < -0.3 is 4.74 Å². The number of benzene rings is 1. The molecule has 22 heavy (non-hydrogen) atoms. The normalized spacial score (nSPS) is 11.2. The van der Waals surface area contributed by atoms with E-state index in [-0.39, 0.29) is 0 Å². The fourth-order valence-electron chi connectivity index (χ4n) is 2.17. The van der Waals surface area contributed by atoms with Crippen molar-refractivity contribution in [3.05, 3.63) is 53.6 Å². The highest BCUT2D eigenvalue weighted by Gasteiger charge is 2.10. The molecule has 3 aromatic rings. The fourth-order valence-corrected chi connectivity index (χ4v) is 2.17. The fraction of sp³-hybridized carbons (Fsp3) is 0.200. The molecule has 0 aliphatic heterocycles. The van der Waals surface area contributed by atoms with Gasteiger partial charge in [0.25, 0.3) is 5.95 Å². The maximum absolute atomic E-state index is 5.30. The van der Waals surface area contributed by atoms with Crippen molar-refractivity contribution < 1.29 is 4.74 Å². The lowest BCUT2D eigenvalue weighted by Crippen LogP contribution is -2.06. The van der Waals surface area contributed by atoms with Crippen molar-refractivity contribution in [1.82, 2.24) is 24.7 Å². The molecule has 0 aliphatic rings. The second-order valence-electron chi connectivity index (χ2n) is 4.80. The van der Waals surface area contributed by atoms with Gasteiger partial charge in [0, 0.05) is 11.3 Å². The first-order valence-electron chi connectivity index (χ1n) is 6.80. The first kappa shape index (κ1) is 14.0. The van der Waals surface area contributed by atoms with Gasteiger partial charge in [-0.25, -0.2) is 4.68 Å². The number of aromatic nitrogens is 5. The van der Waals surface area contributed by atoms with Crippen LogP contribution in [0.25, 0.3) is 5.95 Å². The topological polar surface area (TPSA) is 70.1 Å². The van der Waals surface area contributed by atoms with Gasteiger partial charge >= 0.3 is 0 Å². The van der Waals surface area contributed by atoms with Crippen LogP contribution in [0.1, 0.15) is 17.0 Å². The van der Waals surface area contributed by atoms with Gasteiger partial charge in [-0.1, -0.05) is 12.1 Å². The molecule has 7 nitrogen and oxygen atoms in total. The van der Waals surface area contributed by atoms with E-state index in [9.17, 15) is 0 Å². The summed E-state index contributed by atoms with van der Waals surface area (Å²) in [7, 11) is 1.63. The zero-order valence-electron chi connectivity index (χ0n) is 12.6. The number of hydrogen-bond acceptors (Lipinski definition) is 5. The quantitative estimate of drug-likeness (QED) is 0.690. The molecule has 0 saturated carbocycles. The molecule has 0 fully saturated rings. The number of rotatable bonds is 4. The smallest absolute Gasteiger partial charge is 0.273 e. The summed E-state index contributed by atoms with van der Waals surface area (Å²) in [6.45, 7) is 3.89. The van der Waals surface area contributed by atoms with Crippen LogP contribution in [-0.2, 0) is 0 Å². The van der Waals surface area contributed by atoms with Crippen LogP contribution in [0.2, 0.25) is 0 Å². The van der Waals surface area contributed by atoms with E-state index in [1.165, 1.54) is 6.33 Å². The van der Waals surface area contributed by atoms with E-state index in [4.69, 9.17) is 4.74 Å². The highest BCUT2D eigenvalue weighted by Crippen LogP contribution is 2.15. The molecule has 0 amide bonds. The summed E-state index contributed by atoms with van der Waals surface area (Å²) in [4.78, 5) is 0. The zero-order valence-corrected chi connectivity index (χ0v) is 12.6. The summed E-state index contributed by atoms with van der Waals surface area (Å²) in [6, 6.07) is 9.63. The number of nitrogens with zero attached hydrogens (tertiary/aromatic N) is 6. The second kappa shape index (κ2) is 5.80. The molecular formula is C15H16N6O. The minimum atomic E-state index is 0.539. The summed E-state index contributed by atoms with van der Waals surface area (Å²) in [5.74, 6) is 1.30.